The molecule has 1 rings (SSSR count). The first kappa shape index (κ1) is 12.4. The molecule has 1 aromatic carbocycles. The molecule has 0 saturated heterocycles. The smallest absolute Gasteiger partial charge is 0.325 e. The van der Waals surface area contributed by atoms with Gasteiger partial charge in [-0.3, -0.25) is 4.79 Å². The van der Waals surface area contributed by atoms with E-state index in [1.165, 1.54) is 6.07 Å². The van der Waals surface area contributed by atoms with Crippen molar-refractivity contribution in [2.75, 3.05) is 6.54 Å². The van der Waals surface area contributed by atoms with Gasteiger partial charge in [0.2, 0.25) is 0 Å². The Kier molecular flexibility index (Phi) is 4.25. The molecule has 88 valence electrons. The highest BCUT2D eigenvalue weighted by atomic mass is 19.1. The molecule has 3 N–H and O–H groups in total. The predicted molar refractivity (Wildman–Crippen MR) is 56.7 cm³/mol. The topological polar surface area (TPSA) is 69.6 Å². The van der Waals surface area contributed by atoms with Crippen molar-refractivity contribution in [1.82, 2.24) is 5.32 Å². The molecule has 0 saturated carbocycles. The van der Waals surface area contributed by atoms with Crippen molar-refractivity contribution in [1.29, 1.82) is 0 Å². The fourth-order valence-electron chi connectivity index (χ4n) is 1.34. The number of carboxylic acids is 1. The van der Waals surface area contributed by atoms with Crippen molar-refractivity contribution >= 4 is 5.97 Å². The van der Waals surface area contributed by atoms with Crippen LogP contribution in [-0.2, 0) is 4.79 Å². The summed E-state index contributed by atoms with van der Waals surface area (Å²) in [6, 6.07) is 2.61. The normalized spacial score (nSPS) is 12.4. The summed E-state index contributed by atoms with van der Waals surface area (Å²) < 4.78 is 13.1. The van der Waals surface area contributed by atoms with Crippen LogP contribution >= 0.6 is 0 Å². The van der Waals surface area contributed by atoms with Gasteiger partial charge in [0.15, 0.2) is 11.6 Å². The van der Waals surface area contributed by atoms with Crippen LogP contribution in [-0.4, -0.2) is 22.7 Å². The predicted octanol–water partition coefficient (Wildman–Crippen LogP) is 1.66. The maximum Gasteiger partial charge on any atom is 0.325 e. The molecule has 16 heavy (non-hydrogen) atoms. The number of halogens is 1. The molecule has 4 nitrogen and oxygen atoms in total. The van der Waals surface area contributed by atoms with Crippen LogP contribution in [0.2, 0.25) is 0 Å². The SMILES string of the molecule is CCCNC(C(=O)O)c1ccc(O)c(F)c1. The summed E-state index contributed by atoms with van der Waals surface area (Å²) in [4.78, 5) is 11.0. The summed E-state index contributed by atoms with van der Waals surface area (Å²) >= 11 is 0. The molecular weight excluding hydrogens is 213 g/mol. The van der Waals surface area contributed by atoms with Gasteiger partial charge in [-0.1, -0.05) is 13.0 Å². The molecule has 1 atom stereocenters. The molecule has 1 aromatic rings. The Hall–Kier alpha value is -1.62. The van der Waals surface area contributed by atoms with Crippen LogP contribution in [0.1, 0.15) is 24.9 Å². The number of hydrogen-bond acceptors (Lipinski definition) is 3. The Bertz CT molecular complexity index is 381. The van der Waals surface area contributed by atoms with E-state index in [1.54, 1.807) is 0 Å². The molecule has 1 unspecified atom stereocenters. The summed E-state index contributed by atoms with van der Waals surface area (Å²) in [6.45, 7) is 2.43. The maximum atomic E-state index is 13.1. The Labute approximate surface area is 92.7 Å². The van der Waals surface area contributed by atoms with E-state index in [-0.39, 0.29) is 5.56 Å². The van der Waals surface area contributed by atoms with E-state index < -0.39 is 23.6 Å². The van der Waals surface area contributed by atoms with Gasteiger partial charge in [0.1, 0.15) is 6.04 Å². The second-order valence-electron chi connectivity index (χ2n) is 3.44. The lowest BCUT2D eigenvalue weighted by Crippen LogP contribution is -2.29. The molecule has 0 aliphatic heterocycles. The fraction of sp³-hybridized carbons (Fsp3) is 0.364. The van der Waals surface area contributed by atoms with Crippen LogP contribution in [0.3, 0.4) is 0 Å². The van der Waals surface area contributed by atoms with Gasteiger partial charge in [-0.05, 0) is 30.7 Å². The zero-order valence-electron chi connectivity index (χ0n) is 8.90. The zero-order chi connectivity index (χ0) is 12.1. The zero-order valence-corrected chi connectivity index (χ0v) is 8.90. The van der Waals surface area contributed by atoms with Gasteiger partial charge in [-0.25, -0.2) is 4.39 Å². The lowest BCUT2D eigenvalue weighted by molar-refractivity contribution is -0.139. The average Bonchev–Trinajstić information content (AvgIpc) is 2.23. The van der Waals surface area contributed by atoms with Gasteiger partial charge in [-0.2, -0.15) is 0 Å². The number of aromatic hydroxyl groups is 1. The van der Waals surface area contributed by atoms with Crippen LogP contribution < -0.4 is 5.32 Å². The number of nitrogens with one attached hydrogen (secondary N) is 1. The number of phenolic OH excluding ortho intramolecular Hbond substituents is 1. The van der Waals surface area contributed by atoms with Crippen molar-refractivity contribution in [2.45, 2.75) is 19.4 Å². The number of hydrogen-bond donors (Lipinski definition) is 3. The number of carbonyl (C=O) groups is 1. The fourth-order valence-corrected chi connectivity index (χ4v) is 1.34. The summed E-state index contributed by atoms with van der Waals surface area (Å²) in [6.07, 6.45) is 0.782. The summed E-state index contributed by atoms with van der Waals surface area (Å²) in [7, 11) is 0. The Balaban J connectivity index is 2.92. The van der Waals surface area contributed by atoms with Gasteiger partial charge in [0, 0.05) is 0 Å². The first-order chi connectivity index (χ1) is 7.56. The number of phenols is 1. The molecule has 0 aromatic heterocycles. The largest absolute Gasteiger partial charge is 0.505 e. The van der Waals surface area contributed by atoms with Gasteiger partial charge in [-0.15, -0.1) is 0 Å². The standard InChI is InChI=1S/C11H14FNO3/c1-2-5-13-10(11(15)16)7-3-4-9(14)8(12)6-7/h3-4,6,10,13-14H,2,5H2,1H3,(H,15,16). The van der Waals surface area contributed by atoms with E-state index in [9.17, 15) is 9.18 Å². The van der Waals surface area contributed by atoms with Gasteiger partial charge in [0.05, 0.1) is 0 Å². The molecular formula is C11H14FNO3. The average molecular weight is 227 g/mol. The van der Waals surface area contributed by atoms with Crippen molar-refractivity contribution in [3.8, 4) is 5.75 Å². The minimum Gasteiger partial charge on any atom is -0.505 e. The van der Waals surface area contributed by atoms with Crippen LogP contribution in [0, 0.1) is 5.82 Å². The highest BCUT2D eigenvalue weighted by molar-refractivity contribution is 5.75. The Morgan fingerprint density at radius 3 is 2.75 bits per heavy atom. The highest BCUT2D eigenvalue weighted by Crippen LogP contribution is 2.21. The van der Waals surface area contributed by atoms with Crippen LogP contribution in [0.5, 0.6) is 5.75 Å². The molecule has 5 heteroatoms. The van der Waals surface area contributed by atoms with Gasteiger partial charge in [0.25, 0.3) is 0 Å². The molecule has 0 amide bonds. The van der Waals surface area contributed by atoms with Crippen molar-refractivity contribution in [3.05, 3.63) is 29.6 Å². The van der Waals surface area contributed by atoms with Crippen LogP contribution in [0.15, 0.2) is 18.2 Å². The third-order valence-corrected chi connectivity index (χ3v) is 2.15. The highest BCUT2D eigenvalue weighted by Gasteiger charge is 2.19. The second kappa shape index (κ2) is 5.46. The molecule has 0 aliphatic rings. The maximum absolute atomic E-state index is 13.1. The first-order valence-electron chi connectivity index (χ1n) is 5.01. The third-order valence-electron chi connectivity index (χ3n) is 2.15. The van der Waals surface area contributed by atoms with Crippen molar-refractivity contribution in [2.24, 2.45) is 0 Å². The third kappa shape index (κ3) is 2.93. The van der Waals surface area contributed by atoms with E-state index in [4.69, 9.17) is 10.2 Å². The van der Waals surface area contributed by atoms with Gasteiger partial charge < -0.3 is 15.5 Å². The number of benzene rings is 1. The molecule has 0 radical (unpaired) electrons. The summed E-state index contributed by atoms with van der Waals surface area (Å²) in [5, 5.41) is 20.7. The van der Waals surface area contributed by atoms with E-state index in [1.807, 2.05) is 6.92 Å². The Morgan fingerprint density at radius 1 is 1.56 bits per heavy atom. The van der Waals surface area contributed by atoms with Crippen LogP contribution in [0.25, 0.3) is 0 Å². The van der Waals surface area contributed by atoms with Crippen LogP contribution in [0.4, 0.5) is 4.39 Å². The van der Waals surface area contributed by atoms with E-state index in [0.29, 0.717) is 6.54 Å². The quantitative estimate of drug-likeness (QED) is 0.715. The molecule has 0 aliphatic carbocycles. The lowest BCUT2D eigenvalue weighted by Gasteiger charge is -2.14. The Morgan fingerprint density at radius 2 is 2.25 bits per heavy atom. The van der Waals surface area contributed by atoms with Gasteiger partial charge >= 0.3 is 5.97 Å². The number of carboxylic acid groups (broad SMARTS) is 1. The minimum absolute atomic E-state index is 0.288. The minimum atomic E-state index is -1.07. The summed E-state index contributed by atoms with van der Waals surface area (Å²) in [5.74, 6) is -2.37. The first-order valence-corrected chi connectivity index (χ1v) is 5.01. The van der Waals surface area contributed by atoms with E-state index in [0.717, 1.165) is 18.6 Å². The molecule has 0 bridgehead atoms. The molecule has 0 fully saturated rings. The molecule has 0 spiro atoms. The van der Waals surface area contributed by atoms with Crippen molar-refractivity contribution in [3.63, 3.8) is 0 Å². The van der Waals surface area contributed by atoms with Crippen molar-refractivity contribution < 1.29 is 19.4 Å². The summed E-state index contributed by atoms with van der Waals surface area (Å²) in [5.41, 5.74) is 0.288. The number of aliphatic carboxylic acids is 1. The monoisotopic (exact) mass is 227 g/mol. The molecule has 0 heterocycles. The van der Waals surface area contributed by atoms with E-state index in [2.05, 4.69) is 5.32 Å². The second-order valence-corrected chi connectivity index (χ2v) is 3.44. The number of rotatable bonds is 5. The van der Waals surface area contributed by atoms with E-state index >= 15 is 0 Å². The lowest BCUT2D eigenvalue weighted by atomic mass is 10.1.